The van der Waals surface area contributed by atoms with E-state index in [0.29, 0.717) is 23.7 Å². The van der Waals surface area contributed by atoms with Crippen LogP contribution in [0.15, 0.2) is 48.6 Å². The van der Waals surface area contributed by atoms with Crippen LogP contribution in [0, 0.1) is 11.8 Å². The van der Waals surface area contributed by atoms with Gasteiger partial charge in [-0.05, 0) is 49.2 Å². The monoisotopic (exact) mass is 584 g/mol. The second kappa shape index (κ2) is 17.0. The van der Waals surface area contributed by atoms with Gasteiger partial charge in [0, 0.05) is 23.3 Å². The van der Waals surface area contributed by atoms with Crippen LogP contribution < -0.4 is 18.9 Å². The molecule has 0 aliphatic rings. The Kier molecular flexibility index (Phi) is 13.4. The van der Waals surface area contributed by atoms with Crippen molar-refractivity contribution in [2.45, 2.75) is 26.7 Å². The maximum absolute atomic E-state index is 12.6. The van der Waals surface area contributed by atoms with E-state index in [2.05, 4.69) is 0 Å². The summed E-state index contributed by atoms with van der Waals surface area (Å²) in [5, 5.41) is 0. The number of methoxy groups -OCH3 is 2. The van der Waals surface area contributed by atoms with Crippen molar-refractivity contribution in [2.75, 3.05) is 27.4 Å². The molecule has 12 heteroatoms. The SMILES string of the molecule is CCC(COC(=O)/C=C/C(=O)OCC(CC)C(=O)Oc1ccc(C=O)cc1OC)C(=O)Oc1ccc(C=O)cc1OC. The van der Waals surface area contributed by atoms with Crippen LogP contribution in [0.1, 0.15) is 47.4 Å². The van der Waals surface area contributed by atoms with Gasteiger partial charge in [-0.15, -0.1) is 0 Å². The maximum atomic E-state index is 12.6. The Hall–Kier alpha value is -5.00. The standard InChI is InChI=1S/C30H32O12/c1-5-21(29(35)41-23-9-7-19(15-31)13-25(23)37-3)17-39-27(33)11-12-28(34)40-18-22(6-2)30(36)42-24-10-8-20(16-32)14-26(24)38-4/h7-16,21-22H,5-6,17-18H2,1-4H3/b12-11+. The van der Waals surface area contributed by atoms with Gasteiger partial charge in [-0.2, -0.15) is 0 Å². The Labute approximate surface area is 242 Å². The van der Waals surface area contributed by atoms with Gasteiger partial charge in [0.15, 0.2) is 23.0 Å². The Morgan fingerprint density at radius 2 is 1.02 bits per heavy atom. The number of aldehydes is 2. The third kappa shape index (κ3) is 9.88. The second-order valence-electron chi connectivity index (χ2n) is 8.70. The van der Waals surface area contributed by atoms with Crippen molar-refractivity contribution < 1.29 is 57.2 Å². The first-order chi connectivity index (χ1) is 20.2. The third-order valence-corrected chi connectivity index (χ3v) is 5.93. The van der Waals surface area contributed by atoms with Crippen molar-refractivity contribution in [1.29, 1.82) is 0 Å². The Bertz CT molecular complexity index is 1210. The van der Waals surface area contributed by atoms with E-state index < -0.39 is 35.7 Å². The number of esters is 4. The summed E-state index contributed by atoms with van der Waals surface area (Å²) in [4.78, 5) is 71.2. The molecule has 2 rings (SSSR count). The van der Waals surface area contributed by atoms with Crippen LogP contribution in [0.2, 0.25) is 0 Å². The normalized spacial score (nSPS) is 12.0. The van der Waals surface area contributed by atoms with E-state index in [0.717, 1.165) is 12.2 Å². The molecule has 224 valence electrons. The molecule has 0 fully saturated rings. The van der Waals surface area contributed by atoms with Gasteiger partial charge in [-0.25, -0.2) is 9.59 Å². The van der Waals surface area contributed by atoms with Crippen LogP contribution in [0.5, 0.6) is 23.0 Å². The van der Waals surface area contributed by atoms with Gasteiger partial charge in [0.1, 0.15) is 25.8 Å². The van der Waals surface area contributed by atoms with E-state index in [1.165, 1.54) is 50.6 Å². The third-order valence-electron chi connectivity index (χ3n) is 5.93. The lowest BCUT2D eigenvalue weighted by molar-refractivity contribution is -0.149. The molecule has 2 aromatic rings. The molecule has 0 saturated heterocycles. The predicted octanol–water partition coefficient (Wildman–Crippen LogP) is 3.53. The second-order valence-corrected chi connectivity index (χ2v) is 8.70. The molecule has 2 unspecified atom stereocenters. The van der Waals surface area contributed by atoms with Gasteiger partial charge in [0.05, 0.1) is 26.1 Å². The quantitative estimate of drug-likeness (QED) is 0.122. The van der Waals surface area contributed by atoms with Crippen molar-refractivity contribution in [3.63, 3.8) is 0 Å². The summed E-state index contributed by atoms with van der Waals surface area (Å²) in [6, 6.07) is 8.58. The molecule has 0 saturated carbocycles. The zero-order chi connectivity index (χ0) is 31.1. The fraction of sp³-hybridized carbons (Fsp3) is 0.333. The van der Waals surface area contributed by atoms with Gasteiger partial charge >= 0.3 is 23.9 Å². The largest absolute Gasteiger partial charge is 0.493 e. The molecule has 0 heterocycles. The molecule has 2 aromatic carbocycles. The van der Waals surface area contributed by atoms with Crippen LogP contribution in [0.3, 0.4) is 0 Å². The van der Waals surface area contributed by atoms with Gasteiger partial charge in [0.2, 0.25) is 0 Å². The summed E-state index contributed by atoms with van der Waals surface area (Å²) in [6.07, 6.45) is 3.49. The van der Waals surface area contributed by atoms with Crippen molar-refractivity contribution in [3.8, 4) is 23.0 Å². The zero-order valence-electron chi connectivity index (χ0n) is 23.7. The first kappa shape index (κ1) is 33.2. The smallest absolute Gasteiger partial charge is 0.331 e. The van der Waals surface area contributed by atoms with Gasteiger partial charge in [-0.3, -0.25) is 19.2 Å². The van der Waals surface area contributed by atoms with E-state index in [1.54, 1.807) is 13.8 Å². The van der Waals surface area contributed by atoms with Crippen LogP contribution in [0.25, 0.3) is 0 Å². The number of carbonyl (C=O) groups excluding carboxylic acids is 6. The Balaban J connectivity index is 1.85. The minimum Gasteiger partial charge on any atom is -0.493 e. The fourth-order valence-electron chi connectivity index (χ4n) is 3.37. The van der Waals surface area contributed by atoms with Crippen LogP contribution in [-0.4, -0.2) is 63.9 Å². The number of rotatable bonds is 16. The molecule has 0 radical (unpaired) electrons. The average Bonchev–Trinajstić information content (AvgIpc) is 3.00. The minimum absolute atomic E-state index is 0.102. The topological polar surface area (TPSA) is 158 Å². The van der Waals surface area contributed by atoms with E-state index >= 15 is 0 Å². The summed E-state index contributed by atoms with van der Waals surface area (Å²) in [5.41, 5.74) is 0.678. The highest BCUT2D eigenvalue weighted by Crippen LogP contribution is 2.29. The Morgan fingerprint density at radius 3 is 1.33 bits per heavy atom. The van der Waals surface area contributed by atoms with Crippen LogP contribution >= 0.6 is 0 Å². The summed E-state index contributed by atoms with van der Waals surface area (Å²) in [5.74, 6) is -4.20. The average molecular weight is 585 g/mol. The van der Waals surface area contributed by atoms with Crippen molar-refractivity contribution >= 4 is 36.4 Å². The highest BCUT2D eigenvalue weighted by Gasteiger charge is 2.24. The maximum Gasteiger partial charge on any atom is 0.331 e. The molecule has 2 atom stereocenters. The van der Waals surface area contributed by atoms with Gasteiger partial charge in [0.25, 0.3) is 0 Å². The van der Waals surface area contributed by atoms with Crippen molar-refractivity contribution in [2.24, 2.45) is 11.8 Å². The molecule has 0 amide bonds. The lowest BCUT2D eigenvalue weighted by Crippen LogP contribution is -2.26. The molecule has 0 aromatic heterocycles. The highest BCUT2D eigenvalue weighted by molar-refractivity contribution is 5.92. The van der Waals surface area contributed by atoms with E-state index in [4.69, 9.17) is 28.4 Å². The van der Waals surface area contributed by atoms with E-state index in [1.807, 2.05) is 0 Å². The lowest BCUT2D eigenvalue weighted by Gasteiger charge is -2.15. The predicted molar refractivity (Wildman–Crippen MR) is 147 cm³/mol. The highest BCUT2D eigenvalue weighted by atomic mass is 16.6. The number of carbonyl (C=O) groups is 6. The van der Waals surface area contributed by atoms with Crippen LogP contribution in [0.4, 0.5) is 0 Å². The Morgan fingerprint density at radius 1 is 0.643 bits per heavy atom. The van der Waals surface area contributed by atoms with Crippen LogP contribution in [-0.2, 0) is 28.7 Å². The molecule has 0 bridgehead atoms. The number of hydrogen-bond donors (Lipinski definition) is 0. The van der Waals surface area contributed by atoms with E-state index in [-0.39, 0.29) is 49.1 Å². The summed E-state index contributed by atoms with van der Waals surface area (Å²) < 4.78 is 31.1. The summed E-state index contributed by atoms with van der Waals surface area (Å²) in [6.45, 7) is 2.77. The fourth-order valence-corrected chi connectivity index (χ4v) is 3.37. The van der Waals surface area contributed by atoms with E-state index in [9.17, 15) is 28.8 Å². The first-order valence-corrected chi connectivity index (χ1v) is 12.9. The molecule has 0 N–H and O–H groups in total. The zero-order valence-corrected chi connectivity index (χ0v) is 23.7. The number of benzene rings is 2. The summed E-state index contributed by atoms with van der Waals surface area (Å²) in [7, 11) is 2.72. The van der Waals surface area contributed by atoms with Crippen molar-refractivity contribution in [1.82, 2.24) is 0 Å². The first-order valence-electron chi connectivity index (χ1n) is 12.9. The van der Waals surface area contributed by atoms with Gasteiger partial charge in [-0.1, -0.05) is 13.8 Å². The summed E-state index contributed by atoms with van der Waals surface area (Å²) >= 11 is 0. The number of hydrogen-bond acceptors (Lipinski definition) is 12. The van der Waals surface area contributed by atoms with Gasteiger partial charge < -0.3 is 28.4 Å². The molecular formula is C30H32O12. The molecule has 0 aliphatic heterocycles. The number of ether oxygens (including phenoxy) is 6. The molecule has 42 heavy (non-hydrogen) atoms. The lowest BCUT2D eigenvalue weighted by atomic mass is 10.1. The molecule has 0 aliphatic carbocycles. The minimum atomic E-state index is -0.900. The van der Waals surface area contributed by atoms with Crippen molar-refractivity contribution in [3.05, 3.63) is 59.7 Å². The molecule has 0 spiro atoms. The molecule has 12 nitrogen and oxygen atoms in total. The molecular weight excluding hydrogens is 552 g/mol.